The van der Waals surface area contributed by atoms with E-state index in [0.717, 1.165) is 36.0 Å². The number of hydrogen-bond acceptors (Lipinski definition) is 3. The van der Waals surface area contributed by atoms with Gasteiger partial charge in [-0.2, -0.15) is 10.4 Å². The molecule has 0 aliphatic heterocycles. The number of nitriles is 1. The summed E-state index contributed by atoms with van der Waals surface area (Å²) >= 11 is 0. The Morgan fingerprint density at radius 1 is 1.21 bits per heavy atom. The molecule has 0 amide bonds. The molecule has 1 aromatic carbocycles. The van der Waals surface area contributed by atoms with E-state index in [1.165, 1.54) is 32.1 Å². The highest BCUT2D eigenvalue weighted by atomic mass is 35.5. The second-order valence-electron chi connectivity index (χ2n) is 6.43. The van der Waals surface area contributed by atoms with E-state index in [2.05, 4.69) is 22.1 Å². The fourth-order valence-electron chi connectivity index (χ4n) is 3.44. The Morgan fingerprint density at radius 3 is 2.54 bits per heavy atom. The van der Waals surface area contributed by atoms with Crippen LogP contribution in [0.25, 0.3) is 11.3 Å². The molecule has 1 heterocycles. The monoisotopic (exact) mass is 344 g/mol. The van der Waals surface area contributed by atoms with Crippen LogP contribution < -0.4 is 5.32 Å². The van der Waals surface area contributed by atoms with Crippen LogP contribution in [0.1, 0.15) is 43.4 Å². The van der Waals surface area contributed by atoms with Gasteiger partial charge in [-0.05, 0) is 49.6 Å². The van der Waals surface area contributed by atoms with Crippen molar-refractivity contribution in [3.8, 4) is 17.3 Å². The maximum Gasteiger partial charge on any atom is 0.0991 e. The molecule has 1 aliphatic carbocycles. The number of halogens is 1. The summed E-state index contributed by atoms with van der Waals surface area (Å²) in [6.07, 6.45) is 6.70. The van der Waals surface area contributed by atoms with Gasteiger partial charge in [0.15, 0.2) is 0 Å². The third-order valence-electron chi connectivity index (χ3n) is 4.65. The average Bonchev–Trinajstić information content (AvgIpc) is 2.99. The van der Waals surface area contributed by atoms with Crippen LogP contribution >= 0.6 is 12.4 Å². The number of benzene rings is 1. The van der Waals surface area contributed by atoms with Crippen LogP contribution in [0.2, 0.25) is 0 Å². The lowest BCUT2D eigenvalue weighted by Gasteiger charge is -2.22. The maximum absolute atomic E-state index is 8.97. The van der Waals surface area contributed by atoms with E-state index in [0.29, 0.717) is 5.56 Å². The standard InChI is InChI=1S/C19H24N4.ClH/c1-21-13-18-11-19(17-9-7-15(12-20)8-10-17)23(22-18)14-16-5-3-2-4-6-16;/h7-11,16,21H,2-6,13-14H2,1H3;1H. The van der Waals surface area contributed by atoms with Crippen molar-refractivity contribution in [1.82, 2.24) is 15.1 Å². The van der Waals surface area contributed by atoms with Crippen LogP contribution in [0.5, 0.6) is 0 Å². The van der Waals surface area contributed by atoms with Gasteiger partial charge in [-0.15, -0.1) is 12.4 Å². The van der Waals surface area contributed by atoms with E-state index in [-0.39, 0.29) is 12.4 Å². The Labute approximate surface area is 150 Å². The molecule has 0 bridgehead atoms. The van der Waals surface area contributed by atoms with Crippen LogP contribution in [0.4, 0.5) is 0 Å². The van der Waals surface area contributed by atoms with Gasteiger partial charge < -0.3 is 5.32 Å². The molecule has 0 spiro atoms. The van der Waals surface area contributed by atoms with Crippen molar-refractivity contribution in [2.75, 3.05) is 7.05 Å². The van der Waals surface area contributed by atoms with Crippen molar-refractivity contribution < 1.29 is 0 Å². The molecule has 128 valence electrons. The summed E-state index contributed by atoms with van der Waals surface area (Å²) in [5, 5.41) is 16.9. The normalized spacial score (nSPS) is 14.8. The van der Waals surface area contributed by atoms with E-state index >= 15 is 0 Å². The van der Waals surface area contributed by atoms with Gasteiger partial charge in [-0.25, -0.2) is 0 Å². The molecule has 1 aromatic heterocycles. The lowest BCUT2D eigenvalue weighted by Crippen LogP contribution is -2.16. The Kier molecular flexibility index (Phi) is 6.84. The van der Waals surface area contributed by atoms with Crippen LogP contribution in [0, 0.1) is 17.2 Å². The lowest BCUT2D eigenvalue weighted by molar-refractivity contribution is 0.309. The third kappa shape index (κ3) is 4.37. The summed E-state index contributed by atoms with van der Waals surface area (Å²) in [5.41, 5.74) is 4.06. The highest BCUT2D eigenvalue weighted by Gasteiger charge is 2.17. The number of nitrogens with one attached hydrogen (secondary N) is 1. The van der Waals surface area contributed by atoms with Crippen LogP contribution in [0.15, 0.2) is 30.3 Å². The van der Waals surface area contributed by atoms with Gasteiger partial charge in [0, 0.05) is 13.1 Å². The van der Waals surface area contributed by atoms with Crippen molar-refractivity contribution in [1.29, 1.82) is 5.26 Å². The van der Waals surface area contributed by atoms with Gasteiger partial charge >= 0.3 is 0 Å². The molecular formula is C19H25ClN4. The summed E-state index contributed by atoms with van der Waals surface area (Å²) in [5.74, 6) is 0.739. The first-order chi connectivity index (χ1) is 11.3. The zero-order valence-corrected chi connectivity index (χ0v) is 15.0. The first-order valence-electron chi connectivity index (χ1n) is 8.52. The Bertz CT molecular complexity index is 678. The minimum atomic E-state index is 0. The average molecular weight is 345 g/mol. The quantitative estimate of drug-likeness (QED) is 0.886. The molecule has 3 rings (SSSR count). The Morgan fingerprint density at radius 2 is 1.92 bits per heavy atom. The van der Waals surface area contributed by atoms with Gasteiger partial charge in [-0.3, -0.25) is 4.68 Å². The van der Waals surface area contributed by atoms with Gasteiger partial charge in [0.05, 0.1) is 23.0 Å². The van der Waals surface area contributed by atoms with E-state index < -0.39 is 0 Å². The van der Waals surface area contributed by atoms with Crippen molar-refractivity contribution in [2.24, 2.45) is 5.92 Å². The smallest absolute Gasteiger partial charge is 0.0991 e. The largest absolute Gasteiger partial charge is 0.314 e. The molecule has 2 aromatic rings. The number of hydrogen-bond donors (Lipinski definition) is 1. The summed E-state index contributed by atoms with van der Waals surface area (Å²) in [6.45, 7) is 1.78. The van der Waals surface area contributed by atoms with E-state index in [4.69, 9.17) is 10.4 Å². The number of aromatic nitrogens is 2. The van der Waals surface area contributed by atoms with Crippen LogP contribution in [0.3, 0.4) is 0 Å². The highest BCUT2D eigenvalue weighted by molar-refractivity contribution is 5.85. The maximum atomic E-state index is 8.97. The number of nitrogens with zero attached hydrogens (tertiary/aromatic N) is 3. The molecule has 1 saturated carbocycles. The highest BCUT2D eigenvalue weighted by Crippen LogP contribution is 2.28. The molecule has 1 N–H and O–H groups in total. The molecule has 0 atom stereocenters. The molecule has 0 unspecified atom stereocenters. The van der Waals surface area contributed by atoms with Crippen LogP contribution in [-0.4, -0.2) is 16.8 Å². The Balaban J connectivity index is 0.00000208. The van der Waals surface area contributed by atoms with Gasteiger partial charge in [-0.1, -0.05) is 31.4 Å². The molecule has 5 heteroatoms. The molecule has 1 fully saturated rings. The molecule has 4 nitrogen and oxygen atoms in total. The SMILES string of the molecule is CNCc1cc(-c2ccc(C#N)cc2)n(CC2CCCCC2)n1.Cl. The molecule has 0 saturated heterocycles. The van der Waals surface area contributed by atoms with E-state index in [1.54, 1.807) is 0 Å². The topological polar surface area (TPSA) is 53.6 Å². The molecule has 24 heavy (non-hydrogen) atoms. The second-order valence-corrected chi connectivity index (χ2v) is 6.43. The summed E-state index contributed by atoms with van der Waals surface area (Å²) < 4.78 is 2.17. The minimum Gasteiger partial charge on any atom is -0.314 e. The first kappa shape index (κ1) is 18.5. The predicted octanol–water partition coefficient (Wildman–Crippen LogP) is 4.14. The first-order valence-corrected chi connectivity index (χ1v) is 8.52. The third-order valence-corrected chi connectivity index (χ3v) is 4.65. The lowest BCUT2D eigenvalue weighted by atomic mass is 9.89. The zero-order chi connectivity index (χ0) is 16.1. The fraction of sp³-hybridized carbons (Fsp3) is 0.474. The molecule has 0 radical (unpaired) electrons. The second kappa shape index (κ2) is 8.86. The van der Waals surface area contributed by atoms with Gasteiger partial charge in [0.1, 0.15) is 0 Å². The molecule has 1 aliphatic rings. The predicted molar refractivity (Wildman–Crippen MR) is 99.0 cm³/mol. The minimum absolute atomic E-state index is 0. The van der Waals surface area contributed by atoms with Crippen molar-refractivity contribution in [3.63, 3.8) is 0 Å². The van der Waals surface area contributed by atoms with Gasteiger partial charge in [0.2, 0.25) is 0 Å². The van der Waals surface area contributed by atoms with Gasteiger partial charge in [0.25, 0.3) is 0 Å². The fourth-order valence-corrected chi connectivity index (χ4v) is 3.44. The Hall–Kier alpha value is -1.83. The van der Waals surface area contributed by atoms with Crippen molar-refractivity contribution in [3.05, 3.63) is 41.6 Å². The summed E-state index contributed by atoms with van der Waals surface area (Å²) in [7, 11) is 1.95. The van der Waals surface area contributed by atoms with Crippen molar-refractivity contribution >= 4 is 12.4 Å². The summed E-state index contributed by atoms with van der Waals surface area (Å²) in [4.78, 5) is 0. The van der Waals surface area contributed by atoms with Crippen molar-refractivity contribution in [2.45, 2.75) is 45.2 Å². The molecular weight excluding hydrogens is 320 g/mol. The number of rotatable bonds is 5. The van der Waals surface area contributed by atoms with E-state index in [1.807, 2.05) is 31.3 Å². The summed E-state index contributed by atoms with van der Waals surface area (Å²) in [6, 6.07) is 12.2. The zero-order valence-electron chi connectivity index (χ0n) is 14.2. The van der Waals surface area contributed by atoms with Crippen LogP contribution in [-0.2, 0) is 13.1 Å². The van der Waals surface area contributed by atoms with E-state index in [9.17, 15) is 0 Å².